The first-order valence-electron chi connectivity index (χ1n) is 0.833. The standard InChI is InChI=1S/Cu.H2O4S2/c;1-5(2)6(3)4/h;(H,1,2)(H,3,4)/q+2;/p-2. The van der Waals surface area contributed by atoms with Gasteiger partial charge in [0, 0.05) is 20.2 Å². The van der Waals surface area contributed by atoms with E-state index in [1.54, 1.807) is 0 Å². The van der Waals surface area contributed by atoms with Crippen molar-refractivity contribution in [1.29, 1.82) is 0 Å². The second-order valence-corrected chi connectivity index (χ2v) is 2.86. The molecule has 7 heteroatoms. The fourth-order valence-electron chi connectivity index (χ4n) is 0. The van der Waals surface area contributed by atoms with E-state index in [4.69, 9.17) is 17.5 Å². The molecular formula is CuO4S2. The third-order valence-electron chi connectivity index (χ3n) is 0.111. The second-order valence-electron chi connectivity index (χ2n) is 0.408. The number of hydrogen-bond donors (Lipinski definition) is 0. The Labute approximate surface area is 55.1 Å². The zero-order valence-corrected chi connectivity index (χ0v) is 5.33. The van der Waals surface area contributed by atoms with E-state index in [0.29, 0.717) is 0 Å². The van der Waals surface area contributed by atoms with Crippen molar-refractivity contribution in [1.82, 2.24) is 0 Å². The van der Waals surface area contributed by atoms with Crippen LogP contribution in [0.4, 0.5) is 0 Å². The van der Waals surface area contributed by atoms with Crippen molar-refractivity contribution in [3.63, 3.8) is 0 Å². The number of hydrogen-bond acceptors (Lipinski definition) is 4. The van der Waals surface area contributed by atoms with Crippen molar-refractivity contribution >= 4 is 20.2 Å². The van der Waals surface area contributed by atoms with E-state index < -0.39 is 20.2 Å². The molecule has 0 aromatic rings. The first kappa shape index (κ1) is 10.7. The van der Waals surface area contributed by atoms with Crippen LogP contribution in [0.25, 0.3) is 0 Å². The maximum absolute atomic E-state index is 9.09. The second kappa shape index (κ2) is 4.89. The molecule has 0 heterocycles. The topological polar surface area (TPSA) is 80.3 Å². The summed E-state index contributed by atoms with van der Waals surface area (Å²) in [5.74, 6) is 0. The molecule has 0 spiro atoms. The Morgan fingerprint density at radius 2 is 1.14 bits per heavy atom. The molecule has 0 aliphatic carbocycles. The van der Waals surface area contributed by atoms with E-state index in [1.807, 2.05) is 0 Å². The molecule has 2 atom stereocenters. The van der Waals surface area contributed by atoms with Crippen LogP contribution in [0.1, 0.15) is 0 Å². The summed E-state index contributed by atoms with van der Waals surface area (Å²) in [5, 5.41) is 0. The van der Waals surface area contributed by atoms with Crippen molar-refractivity contribution in [3.05, 3.63) is 0 Å². The maximum atomic E-state index is 9.09. The predicted octanol–water partition coefficient (Wildman–Crippen LogP) is -1.34. The van der Waals surface area contributed by atoms with E-state index >= 15 is 0 Å². The summed E-state index contributed by atoms with van der Waals surface area (Å²) in [6.45, 7) is 0. The van der Waals surface area contributed by atoms with Crippen LogP contribution in [0.2, 0.25) is 0 Å². The fourth-order valence-corrected chi connectivity index (χ4v) is 0. The molecule has 0 aliphatic rings. The Morgan fingerprint density at radius 1 is 1.00 bits per heavy atom. The molecule has 0 saturated heterocycles. The molecule has 0 aromatic carbocycles. The van der Waals surface area contributed by atoms with E-state index in [-0.39, 0.29) is 17.1 Å². The molecule has 47 valence electrons. The van der Waals surface area contributed by atoms with Crippen LogP contribution in [-0.2, 0) is 37.3 Å². The minimum absolute atomic E-state index is 0. The quantitative estimate of drug-likeness (QED) is 0.292. The molecule has 0 fully saturated rings. The zero-order valence-electron chi connectivity index (χ0n) is 2.75. The summed E-state index contributed by atoms with van der Waals surface area (Å²) >= 11 is 0. The van der Waals surface area contributed by atoms with E-state index in [1.165, 1.54) is 0 Å². The minimum atomic E-state index is -2.95. The first-order valence-corrected chi connectivity index (χ1v) is 3.50. The molecule has 0 aliphatic heterocycles. The SMILES string of the molecule is O=S([O-])S(=O)[O-].[Cu+2]. The van der Waals surface area contributed by atoms with Crippen LogP contribution in [0.3, 0.4) is 0 Å². The monoisotopic (exact) mass is 191 g/mol. The van der Waals surface area contributed by atoms with E-state index in [9.17, 15) is 0 Å². The van der Waals surface area contributed by atoms with Gasteiger partial charge in [-0.2, -0.15) is 0 Å². The minimum Gasteiger partial charge on any atom is -0.763 e. The smallest absolute Gasteiger partial charge is 0.763 e. The molecule has 0 bridgehead atoms. The maximum Gasteiger partial charge on any atom is 2.00 e. The predicted molar refractivity (Wildman–Crippen MR) is 17.8 cm³/mol. The molecule has 7 heavy (non-hydrogen) atoms. The summed E-state index contributed by atoms with van der Waals surface area (Å²) in [4.78, 5) is 0. The normalized spacial score (nSPS) is 16.9. The Kier molecular flexibility index (Phi) is 7.45. The van der Waals surface area contributed by atoms with Crippen LogP contribution < -0.4 is 0 Å². The molecule has 0 N–H and O–H groups in total. The Hall–Kier alpha value is 0.739. The first-order chi connectivity index (χ1) is 2.64. The summed E-state index contributed by atoms with van der Waals surface area (Å²) in [6, 6.07) is 0. The van der Waals surface area contributed by atoms with Crippen LogP contribution >= 0.6 is 0 Å². The van der Waals surface area contributed by atoms with Crippen molar-refractivity contribution < 1.29 is 34.6 Å². The van der Waals surface area contributed by atoms with Gasteiger partial charge in [0.1, 0.15) is 0 Å². The Balaban J connectivity index is 0. The average molecular weight is 192 g/mol. The fraction of sp³-hybridized carbons (Fsp3) is 0. The Morgan fingerprint density at radius 3 is 1.14 bits per heavy atom. The molecule has 4 nitrogen and oxygen atoms in total. The Bertz CT molecular complexity index is 75.7. The summed E-state index contributed by atoms with van der Waals surface area (Å²) < 4.78 is 36.3. The van der Waals surface area contributed by atoms with Gasteiger partial charge in [0.25, 0.3) is 0 Å². The molecular weight excluding hydrogens is 192 g/mol. The van der Waals surface area contributed by atoms with Crippen LogP contribution in [-0.4, -0.2) is 17.5 Å². The van der Waals surface area contributed by atoms with Gasteiger partial charge >= 0.3 is 17.1 Å². The summed E-state index contributed by atoms with van der Waals surface area (Å²) in [6.07, 6.45) is 0. The third-order valence-corrected chi connectivity index (χ3v) is 1.00. The molecule has 2 unspecified atom stereocenters. The van der Waals surface area contributed by atoms with Crippen LogP contribution in [0.5, 0.6) is 0 Å². The van der Waals surface area contributed by atoms with Gasteiger partial charge in [0.2, 0.25) is 0 Å². The van der Waals surface area contributed by atoms with E-state index in [0.717, 1.165) is 0 Å². The molecule has 0 amide bonds. The van der Waals surface area contributed by atoms with Crippen molar-refractivity contribution in [3.8, 4) is 0 Å². The molecule has 1 radical (unpaired) electrons. The van der Waals surface area contributed by atoms with Gasteiger partial charge in [0.15, 0.2) is 0 Å². The average Bonchev–Trinajstić information content (AvgIpc) is 1.36. The van der Waals surface area contributed by atoms with Gasteiger partial charge < -0.3 is 9.11 Å². The van der Waals surface area contributed by atoms with Crippen molar-refractivity contribution in [2.24, 2.45) is 0 Å². The van der Waals surface area contributed by atoms with E-state index in [2.05, 4.69) is 0 Å². The molecule has 0 rings (SSSR count). The van der Waals surface area contributed by atoms with Crippen LogP contribution in [0, 0.1) is 0 Å². The number of rotatable bonds is 1. The molecule has 0 saturated carbocycles. The summed E-state index contributed by atoms with van der Waals surface area (Å²) in [5.41, 5.74) is 0. The van der Waals surface area contributed by atoms with Gasteiger partial charge in [-0.05, 0) is 0 Å². The largest absolute Gasteiger partial charge is 2.00 e. The third kappa shape index (κ3) is 6.74. The van der Waals surface area contributed by atoms with Gasteiger partial charge in [0.05, 0.1) is 0 Å². The van der Waals surface area contributed by atoms with Crippen LogP contribution in [0.15, 0.2) is 0 Å². The zero-order chi connectivity index (χ0) is 5.15. The molecule has 0 aromatic heterocycles. The van der Waals surface area contributed by atoms with Crippen molar-refractivity contribution in [2.75, 3.05) is 0 Å². The van der Waals surface area contributed by atoms with Gasteiger partial charge in [-0.3, -0.25) is 8.42 Å². The summed E-state index contributed by atoms with van der Waals surface area (Å²) in [7, 11) is -5.90. The van der Waals surface area contributed by atoms with Crippen molar-refractivity contribution in [2.45, 2.75) is 0 Å². The van der Waals surface area contributed by atoms with Gasteiger partial charge in [-0.15, -0.1) is 0 Å². The van der Waals surface area contributed by atoms with Gasteiger partial charge in [-0.25, -0.2) is 0 Å². The van der Waals surface area contributed by atoms with Gasteiger partial charge in [-0.1, -0.05) is 0 Å².